The average Bonchev–Trinajstić information content (AvgIpc) is 3.38. The van der Waals surface area contributed by atoms with E-state index in [4.69, 9.17) is 9.47 Å². The van der Waals surface area contributed by atoms with Gasteiger partial charge in [-0.05, 0) is 50.6 Å². The van der Waals surface area contributed by atoms with E-state index in [1.54, 1.807) is 18.5 Å². The Morgan fingerprint density at radius 3 is 2.29 bits per heavy atom. The van der Waals surface area contributed by atoms with E-state index in [1.165, 1.54) is 14.2 Å². The fraction of sp³-hybridized carbons (Fsp3) is 0.500. The van der Waals surface area contributed by atoms with Crippen molar-refractivity contribution in [2.45, 2.75) is 37.9 Å². The van der Waals surface area contributed by atoms with Crippen LogP contribution in [0.3, 0.4) is 0 Å². The zero-order valence-electron chi connectivity index (χ0n) is 20.2. The molecule has 3 fully saturated rings. The van der Waals surface area contributed by atoms with Crippen LogP contribution in [0.1, 0.15) is 43.2 Å². The summed E-state index contributed by atoms with van der Waals surface area (Å²) in [6.07, 6.45) is 4.82. The molecule has 2 aromatic rings. The number of methoxy groups -OCH3 is 2. The van der Waals surface area contributed by atoms with Gasteiger partial charge in [-0.15, -0.1) is 0 Å². The highest BCUT2D eigenvalue weighted by Crippen LogP contribution is 2.59. The number of fused-ring (bicyclic) bond motifs is 4. The smallest absolute Gasteiger partial charge is 0.322 e. The first kappa shape index (κ1) is 23.6. The number of ketones is 1. The molecule has 5 rings (SSSR count). The molecule has 35 heavy (non-hydrogen) atoms. The van der Waals surface area contributed by atoms with Crippen LogP contribution in [0.2, 0.25) is 0 Å². The van der Waals surface area contributed by atoms with Crippen LogP contribution in [-0.2, 0) is 23.9 Å². The summed E-state index contributed by atoms with van der Waals surface area (Å²) in [4.78, 5) is 55.1. The molecular formula is C26H30N4O5. The monoisotopic (exact) mass is 478 g/mol. The van der Waals surface area contributed by atoms with Gasteiger partial charge in [0.25, 0.3) is 0 Å². The highest BCUT2D eigenvalue weighted by atomic mass is 16.5. The molecule has 5 heterocycles. The van der Waals surface area contributed by atoms with Gasteiger partial charge < -0.3 is 9.47 Å². The summed E-state index contributed by atoms with van der Waals surface area (Å²) >= 11 is 0. The van der Waals surface area contributed by atoms with Gasteiger partial charge in [0.05, 0.1) is 31.6 Å². The molecule has 9 nitrogen and oxygen atoms in total. The molecule has 3 saturated heterocycles. The Kier molecular flexibility index (Phi) is 5.93. The van der Waals surface area contributed by atoms with Crippen LogP contribution in [0.5, 0.6) is 0 Å². The molecule has 2 bridgehead atoms. The Morgan fingerprint density at radius 2 is 1.66 bits per heavy atom. The molecule has 5 atom stereocenters. The molecule has 0 saturated carbocycles. The second kappa shape index (κ2) is 8.80. The van der Waals surface area contributed by atoms with Gasteiger partial charge in [-0.2, -0.15) is 0 Å². The normalized spacial score (nSPS) is 31.5. The van der Waals surface area contributed by atoms with Crippen molar-refractivity contribution in [2.24, 2.45) is 10.8 Å². The minimum Gasteiger partial charge on any atom is -0.468 e. The van der Waals surface area contributed by atoms with Crippen LogP contribution in [0.4, 0.5) is 0 Å². The van der Waals surface area contributed by atoms with Gasteiger partial charge in [0, 0.05) is 37.6 Å². The van der Waals surface area contributed by atoms with Crippen LogP contribution in [0.15, 0.2) is 48.8 Å². The maximum atomic E-state index is 14.6. The number of ether oxygens (including phenoxy) is 2. The number of hydrogen-bond acceptors (Lipinski definition) is 9. The van der Waals surface area contributed by atoms with Crippen molar-refractivity contribution in [2.75, 3.05) is 33.9 Å². The van der Waals surface area contributed by atoms with Crippen molar-refractivity contribution in [1.82, 2.24) is 19.8 Å². The molecule has 0 amide bonds. The van der Waals surface area contributed by atoms with E-state index in [0.717, 1.165) is 12.1 Å². The second-order valence-corrected chi connectivity index (χ2v) is 9.64. The Bertz CT molecular complexity index is 1130. The van der Waals surface area contributed by atoms with Crippen LogP contribution < -0.4 is 0 Å². The van der Waals surface area contributed by atoms with E-state index < -0.39 is 40.6 Å². The number of likely N-dealkylation sites (tertiary alicyclic amines) is 1. The Balaban J connectivity index is 1.75. The Hall–Kier alpha value is -3.17. The quantitative estimate of drug-likeness (QED) is 0.471. The molecule has 3 aliphatic rings. The third-order valence-corrected chi connectivity index (χ3v) is 8.11. The number of piperidine rings is 2. The number of carbonyl (C=O) groups excluding carboxylic acids is 3. The van der Waals surface area contributed by atoms with Crippen molar-refractivity contribution >= 4 is 17.7 Å². The molecule has 2 aromatic heterocycles. The lowest BCUT2D eigenvalue weighted by molar-refractivity contribution is -0.203. The average molecular weight is 479 g/mol. The number of esters is 2. The van der Waals surface area contributed by atoms with Gasteiger partial charge in [-0.1, -0.05) is 12.1 Å². The fourth-order valence-corrected chi connectivity index (χ4v) is 6.59. The maximum absolute atomic E-state index is 14.6. The zero-order valence-corrected chi connectivity index (χ0v) is 20.2. The number of carbonyl (C=O) groups is 3. The number of aromatic nitrogens is 2. The van der Waals surface area contributed by atoms with Gasteiger partial charge in [-0.3, -0.25) is 34.2 Å². The highest BCUT2D eigenvalue weighted by molar-refractivity contribution is 6.17. The lowest BCUT2D eigenvalue weighted by Crippen LogP contribution is -2.77. The molecular weight excluding hydrogens is 448 g/mol. The lowest BCUT2D eigenvalue weighted by Gasteiger charge is -2.60. The molecule has 0 aliphatic carbocycles. The molecule has 184 valence electrons. The van der Waals surface area contributed by atoms with Crippen molar-refractivity contribution in [3.8, 4) is 0 Å². The van der Waals surface area contributed by atoms with Crippen LogP contribution >= 0.6 is 0 Å². The maximum Gasteiger partial charge on any atom is 0.322 e. The Morgan fingerprint density at radius 1 is 1.00 bits per heavy atom. The number of rotatable bonds is 5. The third-order valence-electron chi connectivity index (χ3n) is 8.11. The van der Waals surface area contributed by atoms with Gasteiger partial charge >= 0.3 is 11.9 Å². The van der Waals surface area contributed by atoms with E-state index in [0.29, 0.717) is 18.7 Å². The summed E-state index contributed by atoms with van der Waals surface area (Å²) in [6.45, 7) is 2.85. The first-order chi connectivity index (χ1) is 16.9. The molecule has 5 unspecified atom stereocenters. The summed E-state index contributed by atoms with van der Waals surface area (Å²) in [5, 5.41) is 0. The topological polar surface area (TPSA) is 102 Å². The first-order valence-electron chi connectivity index (χ1n) is 11.9. The minimum atomic E-state index is -1.65. The van der Waals surface area contributed by atoms with E-state index >= 15 is 0 Å². The summed E-state index contributed by atoms with van der Waals surface area (Å²) in [5.41, 5.74) is -1.77. The molecule has 0 aromatic carbocycles. The molecule has 0 radical (unpaired) electrons. The predicted octanol–water partition coefficient (Wildman–Crippen LogP) is 1.96. The largest absolute Gasteiger partial charge is 0.468 e. The van der Waals surface area contributed by atoms with Crippen LogP contribution in [0, 0.1) is 10.8 Å². The third kappa shape index (κ3) is 3.25. The standard InChI is InChI=1S/C26H30N4O5/c1-17(18-9-4-6-12-27-18)29-15-25(23(32)34-2)20-11-8-14-30(20)21(19-10-5-7-13-28-19)26(16-29,22(25)31)24(33)35-3/h4-7,9-10,12-13,17,20-21H,8,11,14-16H2,1-3H3. The van der Waals surface area contributed by atoms with E-state index in [-0.39, 0.29) is 19.1 Å². The number of nitrogens with zero attached hydrogens (tertiary/aromatic N) is 4. The van der Waals surface area contributed by atoms with Crippen molar-refractivity contribution < 1.29 is 23.9 Å². The van der Waals surface area contributed by atoms with E-state index in [2.05, 4.69) is 14.9 Å². The predicted molar refractivity (Wildman–Crippen MR) is 125 cm³/mol. The molecule has 9 heteroatoms. The molecule has 0 N–H and O–H groups in total. The van der Waals surface area contributed by atoms with Gasteiger partial charge in [0.1, 0.15) is 0 Å². The SMILES string of the molecule is COC(=O)C12CN(C(C)c3ccccn3)CC(C(=O)OC)(C1=O)C(c1ccccn1)N1CCCC12. The van der Waals surface area contributed by atoms with Crippen molar-refractivity contribution in [3.05, 3.63) is 60.2 Å². The minimum absolute atomic E-state index is 0.0828. The van der Waals surface area contributed by atoms with Crippen LogP contribution in [-0.4, -0.2) is 77.4 Å². The number of Topliss-reactive ketones (excluding diaryl/α,β-unsaturated/α-hetero) is 1. The van der Waals surface area contributed by atoms with Gasteiger partial charge in [-0.25, -0.2) is 0 Å². The van der Waals surface area contributed by atoms with Gasteiger partial charge in [0.15, 0.2) is 16.6 Å². The Labute approximate surface area is 204 Å². The second-order valence-electron chi connectivity index (χ2n) is 9.64. The summed E-state index contributed by atoms with van der Waals surface area (Å²) < 4.78 is 10.6. The number of pyridine rings is 2. The van der Waals surface area contributed by atoms with Crippen molar-refractivity contribution in [1.29, 1.82) is 0 Å². The molecule has 0 spiro atoms. The summed E-state index contributed by atoms with van der Waals surface area (Å²) in [7, 11) is 2.59. The number of hydrogen-bond donors (Lipinski definition) is 0. The van der Waals surface area contributed by atoms with Crippen LogP contribution in [0.25, 0.3) is 0 Å². The highest BCUT2D eigenvalue weighted by Gasteiger charge is 2.76. The van der Waals surface area contributed by atoms with Crippen molar-refractivity contribution in [3.63, 3.8) is 0 Å². The first-order valence-corrected chi connectivity index (χ1v) is 11.9. The van der Waals surface area contributed by atoms with Gasteiger partial charge in [0.2, 0.25) is 0 Å². The van der Waals surface area contributed by atoms with E-state index in [9.17, 15) is 14.4 Å². The zero-order chi connectivity index (χ0) is 24.8. The fourth-order valence-electron chi connectivity index (χ4n) is 6.59. The summed E-state index contributed by atoms with van der Waals surface area (Å²) in [6, 6.07) is 9.81. The van der Waals surface area contributed by atoms with E-state index in [1.807, 2.05) is 42.2 Å². The summed E-state index contributed by atoms with van der Waals surface area (Å²) in [5.74, 6) is -1.69. The lowest BCUT2D eigenvalue weighted by atomic mass is 9.55. The molecule has 3 aliphatic heterocycles.